The Labute approximate surface area is 220 Å². The van der Waals surface area contributed by atoms with Gasteiger partial charge in [0.2, 0.25) is 0 Å². The van der Waals surface area contributed by atoms with Crippen molar-refractivity contribution in [3.63, 3.8) is 0 Å². The van der Waals surface area contributed by atoms with E-state index in [9.17, 15) is 4.79 Å². The number of rotatable bonds is 5. The van der Waals surface area contributed by atoms with E-state index in [0.717, 1.165) is 61.4 Å². The average Bonchev–Trinajstić information content (AvgIpc) is 2.98. The maximum Gasteiger partial charge on any atom is 0.263 e. The largest absolute Gasteiger partial charge is 0.497 e. The van der Waals surface area contributed by atoms with Crippen molar-refractivity contribution in [3.8, 4) is 39.6 Å². The SMILES string of the molecule is COc1ccc(-c2c(-c3ccc(OC)cc3)n(-c3c(C)ccc4cccnc34)c(=O)c3ccccc23)cc1. The van der Waals surface area contributed by atoms with Crippen LogP contribution in [0.3, 0.4) is 0 Å². The zero-order valence-electron chi connectivity index (χ0n) is 21.4. The Kier molecular flexibility index (Phi) is 5.89. The van der Waals surface area contributed by atoms with Crippen LogP contribution in [0.5, 0.6) is 11.5 Å². The first-order valence-electron chi connectivity index (χ1n) is 12.4. The average molecular weight is 499 g/mol. The number of ether oxygens (including phenoxy) is 2. The molecule has 5 nitrogen and oxygen atoms in total. The van der Waals surface area contributed by atoms with Gasteiger partial charge in [-0.3, -0.25) is 14.3 Å². The highest BCUT2D eigenvalue weighted by Gasteiger charge is 2.23. The van der Waals surface area contributed by atoms with Gasteiger partial charge in [-0.25, -0.2) is 0 Å². The summed E-state index contributed by atoms with van der Waals surface area (Å²) in [5.41, 5.74) is 6.05. The summed E-state index contributed by atoms with van der Waals surface area (Å²) in [6.45, 7) is 2.02. The zero-order valence-corrected chi connectivity index (χ0v) is 21.4. The summed E-state index contributed by atoms with van der Waals surface area (Å²) in [7, 11) is 3.30. The van der Waals surface area contributed by atoms with Crippen molar-refractivity contribution >= 4 is 21.7 Å². The Bertz CT molecular complexity index is 1850. The maximum atomic E-state index is 14.4. The Balaban J connectivity index is 1.84. The molecule has 5 heteroatoms. The zero-order chi connectivity index (χ0) is 26.2. The molecule has 0 aliphatic carbocycles. The fraction of sp³-hybridized carbons (Fsp3) is 0.0909. The highest BCUT2D eigenvalue weighted by atomic mass is 16.5. The molecule has 0 N–H and O–H groups in total. The molecule has 186 valence electrons. The number of methoxy groups -OCH3 is 2. The molecule has 0 fully saturated rings. The fourth-order valence-corrected chi connectivity index (χ4v) is 5.15. The number of benzene rings is 4. The van der Waals surface area contributed by atoms with Crippen LogP contribution in [0.2, 0.25) is 0 Å². The van der Waals surface area contributed by atoms with E-state index in [1.165, 1.54) is 0 Å². The number of hydrogen-bond acceptors (Lipinski definition) is 4. The third kappa shape index (κ3) is 3.80. The van der Waals surface area contributed by atoms with E-state index >= 15 is 0 Å². The van der Waals surface area contributed by atoms with Gasteiger partial charge in [0.25, 0.3) is 5.56 Å². The van der Waals surface area contributed by atoms with Crippen molar-refractivity contribution in [2.75, 3.05) is 14.2 Å². The van der Waals surface area contributed by atoms with E-state index in [1.807, 2.05) is 109 Å². The molecule has 0 radical (unpaired) electrons. The smallest absolute Gasteiger partial charge is 0.263 e. The topological polar surface area (TPSA) is 53.4 Å². The fourth-order valence-electron chi connectivity index (χ4n) is 5.15. The van der Waals surface area contributed by atoms with Crippen molar-refractivity contribution in [2.45, 2.75) is 6.92 Å². The van der Waals surface area contributed by atoms with Crippen molar-refractivity contribution in [2.24, 2.45) is 0 Å². The van der Waals surface area contributed by atoms with E-state index in [0.29, 0.717) is 5.39 Å². The van der Waals surface area contributed by atoms with Gasteiger partial charge >= 0.3 is 0 Å². The summed E-state index contributed by atoms with van der Waals surface area (Å²) in [5, 5.41) is 2.50. The van der Waals surface area contributed by atoms with Crippen LogP contribution in [-0.4, -0.2) is 23.8 Å². The summed E-state index contributed by atoms with van der Waals surface area (Å²) >= 11 is 0. The molecule has 0 unspecified atom stereocenters. The lowest BCUT2D eigenvalue weighted by Crippen LogP contribution is -2.23. The molecule has 0 saturated heterocycles. The molecule has 0 aliphatic heterocycles. The van der Waals surface area contributed by atoms with Gasteiger partial charge in [0.15, 0.2) is 0 Å². The van der Waals surface area contributed by atoms with E-state index in [-0.39, 0.29) is 5.56 Å². The van der Waals surface area contributed by atoms with Gasteiger partial charge < -0.3 is 9.47 Å². The van der Waals surface area contributed by atoms with Crippen LogP contribution in [-0.2, 0) is 0 Å². The minimum atomic E-state index is -0.0927. The third-order valence-electron chi connectivity index (χ3n) is 7.01. The van der Waals surface area contributed by atoms with Crippen LogP contribution < -0.4 is 15.0 Å². The quantitative estimate of drug-likeness (QED) is 0.252. The second-order valence-corrected chi connectivity index (χ2v) is 9.17. The summed E-state index contributed by atoms with van der Waals surface area (Å²) in [4.78, 5) is 19.1. The third-order valence-corrected chi connectivity index (χ3v) is 7.01. The van der Waals surface area contributed by atoms with Crippen LogP contribution in [0, 0.1) is 6.92 Å². The molecule has 0 atom stereocenters. The first kappa shape index (κ1) is 23.5. The van der Waals surface area contributed by atoms with Crippen molar-refractivity contribution in [1.82, 2.24) is 9.55 Å². The number of pyridine rings is 2. The summed E-state index contributed by atoms with van der Waals surface area (Å²) in [6.07, 6.45) is 1.77. The second kappa shape index (κ2) is 9.52. The predicted molar refractivity (Wildman–Crippen MR) is 154 cm³/mol. The van der Waals surface area contributed by atoms with Crippen molar-refractivity contribution in [1.29, 1.82) is 0 Å². The highest BCUT2D eigenvalue weighted by Crippen LogP contribution is 2.40. The van der Waals surface area contributed by atoms with E-state index in [1.54, 1.807) is 20.4 Å². The van der Waals surface area contributed by atoms with Gasteiger partial charge in [-0.1, -0.05) is 48.5 Å². The van der Waals surface area contributed by atoms with Gasteiger partial charge in [0.1, 0.15) is 11.5 Å². The van der Waals surface area contributed by atoms with Crippen LogP contribution >= 0.6 is 0 Å². The van der Waals surface area contributed by atoms with Crippen LogP contribution in [0.4, 0.5) is 0 Å². The lowest BCUT2D eigenvalue weighted by molar-refractivity contribution is 0.414. The summed E-state index contributed by atoms with van der Waals surface area (Å²) < 4.78 is 12.7. The molecule has 4 aromatic carbocycles. The first-order valence-corrected chi connectivity index (χ1v) is 12.4. The lowest BCUT2D eigenvalue weighted by Gasteiger charge is -2.23. The summed E-state index contributed by atoms with van der Waals surface area (Å²) in [6, 6.07) is 31.6. The van der Waals surface area contributed by atoms with E-state index in [4.69, 9.17) is 14.5 Å². The molecule has 0 bridgehead atoms. The molecule has 2 heterocycles. The number of hydrogen-bond donors (Lipinski definition) is 0. The molecule has 0 spiro atoms. The van der Waals surface area contributed by atoms with Gasteiger partial charge in [0, 0.05) is 22.5 Å². The monoisotopic (exact) mass is 498 g/mol. The molecular formula is C33H26N2O3. The van der Waals surface area contributed by atoms with E-state index in [2.05, 4.69) is 0 Å². The Hall–Kier alpha value is -4.90. The normalized spacial score (nSPS) is 11.1. The number of fused-ring (bicyclic) bond motifs is 2. The maximum absolute atomic E-state index is 14.4. The molecule has 6 rings (SSSR count). The highest BCUT2D eigenvalue weighted by molar-refractivity contribution is 6.04. The molecule has 38 heavy (non-hydrogen) atoms. The molecule has 6 aromatic rings. The van der Waals surface area contributed by atoms with Gasteiger partial charge in [-0.2, -0.15) is 0 Å². The van der Waals surface area contributed by atoms with Gasteiger partial charge in [0.05, 0.1) is 31.1 Å². The number of nitrogens with zero attached hydrogens (tertiary/aromatic N) is 2. The van der Waals surface area contributed by atoms with Gasteiger partial charge in [-0.15, -0.1) is 0 Å². The Morgan fingerprint density at radius 1 is 0.684 bits per heavy atom. The number of aryl methyl sites for hydroxylation is 1. The standard InChI is InChI=1S/C33H26N2O3/c1-21-10-11-23-7-6-20-34-30(23)31(21)35-32(24-14-18-26(38-3)19-15-24)29(22-12-16-25(37-2)17-13-22)27-8-4-5-9-28(27)33(35)36/h4-20H,1-3H3. The van der Waals surface area contributed by atoms with Crippen molar-refractivity contribution < 1.29 is 9.47 Å². The molecule has 0 amide bonds. The molecule has 0 aliphatic rings. The Morgan fingerprint density at radius 2 is 1.32 bits per heavy atom. The summed E-state index contributed by atoms with van der Waals surface area (Å²) in [5.74, 6) is 1.52. The Morgan fingerprint density at radius 3 is 1.97 bits per heavy atom. The first-order chi connectivity index (χ1) is 18.6. The van der Waals surface area contributed by atoms with Crippen molar-refractivity contribution in [3.05, 3.63) is 119 Å². The van der Waals surface area contributed by atoms with Crippen LogP contribution in [0.1, 0.15) is 5.56 Å². The minimum Gasteiger partial charge on any atom is -0.497 e. The number of aromatic nitrogens is 2. The van der Waals surface area contributed by atoms with Gasteiger partial charge in [-0.05, 0) is 77.5 Å². The molecule has 0 saturated carbocycles. The van der Waals surface area contributed by atoms with Crippen LogP contribution in [0.15, 0.2) is 108 Å². The molecule has 2 aromatic heterocycles. The van der Waals surface area contributed by atoms with Crippen LogP contribution in [0.25, 0.3) is 49.7 Å². The molecular weight excluding hydrogens is 472 g/mol. The lowest BCUT2D eigenvalue weighted by atomic mass is 9.92. The van der Waals surface area contributed by atoms with E-state index < -0.39 is 0 Å². The minimum absolute atomic E-state index is 0.0927. The second-order valence-electron chi connectivity index (χ2n) is 9.17. The predicted octanol–water partition coefficient (Wildman–Crippen LogP) is 7.20.